The van der Waals surface area contributed by atoms with Gasteiger partial charge in [-0.1, -0.05) is 35.3 Å². The Hall–Kier alpha value is -1.45. The highest BCUT2D eigenvalue weighted by Gasteiger charge is 2.02. The van der Waals surface area contributed by atoms with E-state index in [0.29, 0.717) is 17.4 Å². The average Bonchev–Trinajstić information content (AvgIpc) is 2.41. The Labute approximate surface area is 115 Å². The molecule has 1 aromatic carbocycles. The van der Waals surface area contributed by atoms with E-state index in [4.69, 9.17) is 32.7 Å². The number of ether oxygens (including phenoxy) is 2. The van der Waals surface area contributed by atoms with Crippen molar-refractivity contribution in [2.45, 2.75) is 6.61 Å². The number of aromatic nitrogens is 1. The quantitative estimate of drug-likeness (QED) is 0.796. The van der Waals surface area contributed by atoms with Crippen molar-refractivity contribution in [2.24, 2.45) is 0 Å². The molecule has 1 heterocycles. The van der Waals surface area contributed by atoms with Crippen molar-refractivity contribution in [1.82, 2.24) is 4.98 Å². The molecule has 0 atom stereocenters. The second kappa shape index (κ2) is 5.94. The van der Waals surface area contributed by atoms with E-state index in [1.165, 1.54) is 6.20 Å². The van der Waals surface area contributed by atoms with Gasteiger partial charge in [0, 0.05) is 6.07 Å². The van der Waals surface area contributed by atoms with Crippen LogP contribution in [-0.2, 0) is 6.61 Å². The van der Waals surface area contributed by atoms with Gasteiger partial charge in [0.25, 0.3) is 0 Å². The second-order valence-corrected chi connectivity index (χ2v) is 4.35. The third-order valence-corrected chi connectivity index (χ3v) is 3.02. The molecule has 0 amide bonds. The lowest BCUT2D eigenvalue weighted by Crippen LogP contribution is -1.96. The van der Waals surface area contributed by atoms with E-state index in [-0.39, 0.29) is 5.15 Å². The molecule has 0 saturated heterocycles. The molecule has 18 heavy (non-hydrogen) atoms. The number of benzene rings is 1. The number of pyridine rings is 1. The van der Waals surface area contributed by atoms with E-state index in [1.807, 2.05) is 24.3 Å². The SMILES string of the molecule is COc1ccc(COc2cnc(Cl)c(Cl)c2)cc1. The highest BCUT2D eigenvalue weighted by Crippen LogP contribution is 2.24. The highest BCUT2D eigenvalue weighted by atomic mass is 35.5. The van der Waals surface area contributed by atoms with Gasteiger partial charge in [0.1, 0.15) is 23.3 Å². The molecule has 0 N–H and O–H groups in total. The first-order valence-electron chi connectivity index (χ1n) is 5.26. The smallest absolute Gasteiger partial charge is 0.147 e. The fourth-order valence-electron chi connectivity index (χ4n) is 1.37. The topological polar surface area (TPSA) is 31.4 Å². The summed E-state index contributed by atoms with van der Waals surface area (Å²) in [6, 6.07) is 9.27. The molecule has 0 unspecified atom stereocenters. The summed E-state index contributed by atoms with van der Waals surface area (Å²) in [4.78, 5) is 3.91. The van der Waals surface area contributed by atoms with E-state index in [1.54, 1.807) is 13.2 Å². The molecule has 2 aromatic rings. The van der Waals surface area contributed by atoms with Gasteiger partial charge in [0.2, 0.25) is 0 Å². The largest absolute Gasteiger partial charge is 0.497 e. The minimum absolute atomic E-state index is 0.272. The van der Waals surface area contributed by atoms with E-state index in [2.05, 4.69) is 4.98 Å². The van der Waals surface area contributed by atoms with Crippen LogP contribution >= 0.6 is 23.2 Å². The van der Waals surface area contributed by atoms with Gasteiger partial charge >= 0.3 is 0 Å². The van der Waals surface area contributed by atoms with Gasteiger partial charge < -0.3 is 9.47 Å². The molecule has 2 rings (SSSR count). The van der Waals surface area contributed by atoms with Crippen LogP contribution < -0.4 is 9.47 Å². The third-order valence-electron chi connectivity index (χ3n) is 2.34. The van der Waals surface area contributed by atoms with Crippen LogP contribution in [0.4, 0.5) is 0 Å². The Bertz CT molecular complexity index is 529. The van der Waals surface area contributed by atoms with Gasteiger partial charge in [-0.3, -0.25) is 0 Å². The molecule has 0 aliphatic heterocycles. The number of halogens is 2. The van der Waals surface area contributed by atoms with E-state index in [0.717, 1.165) is 11.3 Å². The molecule has 5 heteroatoms. The van der Waals surface area contributed by atoms with Gasteiger partial charge in [0.05, 0.1) is 18.3 Å². The van der Waals surface area contributed by atoms with Crippen LogP contribution in [-0.4, -0.2) is 12.1 Å². The van der Waals surface area contributed by atoms with Crippen LogP contribution in [0.15, 0.2) is 36.5 Å². The molecule has 3 nitrogen and oxygen atoms in total. The molecule has 0 bridgehead atoms. The van der Waals surface area contributed by atoms with Crippen molar-refractivity contribution in [3.63, 3.8) is 0 Å². The zero-order valence-corrected chi connectivity index (χ0v) is 11.2. The molecule has 0 saturated carbocycles. The van der Waals surface area contributed by atoms with Crippen molar-refractivity contribution in [2.75, 3.05) is 7.11 Å². The Kier molecular flexibility index (Phi) is 4.28. The minimum Gasteiger partial charge on any atom is -0.497 e. The molecule has 94 valence electrons. The third kappa shape index (κ3) is 3.28. The minimum atomic E-state index is 0.272. The molecule has 0 radical (unpaired) electrons. The van der Waals surface area contributed by atoms with Crippen LogP contribution in [0.2, 0.25) is 10.2 Å². The Balaban J connectivity index is 1.99. The van der Waals surface area contributed by atoms with Crippen LogP contribution in [0.5, 0.6) is 11.5 Å². The summed E-state index contributed by atoms with van der Waals surface area (Å²) in [5.74, 6) is 1.40. The first-order chi connectivity index (χ1) is 8.69. The predicted octanol–water partition coefficient (Wildman–Crippen LogP) is 3.98. The zero-order chi connectivity index (χ0) is 13.0. The van der Waals surface area contributed by atoms with Crippen molar-refractivity contribution in [1.29, 1.82) is 0 Å². The van der Waals surface area contributed by atoms with Crippen LogP contribution in [0.3, 0.4) is 0 Å². The van der Waals surface area contributed by atoms with Crippen molar-refractivity contribution in [3.8, 4) is 11.5 Å². The standard InChI is InChI=1S/C13H11Cl2NO2/c1-17-10-4-2-9(3-5-10)8-18-11-6-12(14)13(15)16-7-11/h2-7H,8H2,1H3. The number of hydrogen-bond acceptors (Lipinski definition) is 3. The number of nitrogens with zero attached hydrogens (tertiary/aromatic N) is 1. The average molecular weight is 284 g/mol. The van der Waals surface area contributed by atoms with Crippen LogP contribution in [0.25, 0.3) is 0 Å². The Morgan fingerprint density at radius 2 is 1.83 bits per heavy atom. The van der Waals surface area contributed by atoms with E-state index < -0.39 is 0 Å². The number of methoxy groups -OCH3 is 1. The summed E-state index contributed by atoms with van der Waals surface area (Å²) in [6.45, 7) is 0.434. The summed E-state index contributed by atoms with van der Waals surface area (Å²) < 4.78 is 10.6. The number of rotatable bonds is 4. The normalized spacial score (nSPS) is 10.2. The molecule has 0 aliphatic rings. The molecule has 0 aliphatic carbocycles. The lowest BCUT2D eigenvalue weighted by Gasteiger charge is -2.07. The van der Waals surface area contributed by atoms with Gasteiger partial charge in [-0.15, -0.1) is 0 Å². The lowest BCUT2D eigenvalue weighted by atomic mass is 10.2. The molecule has 1 aromatic heterocycles. The van der Waals surface area contributed by atoms with Gasteiger partial charge in [0.15, 0.2) is 0 Å². The fourth-order valence-corrected chi connectivity index (χ4v) is 1.63. The summed E-state index contributed by atoms with van der Waals surface area (Å²) in [7, 11) is 1.63. The molecule has 0 fully saturated rings. The monoisotopic (exact) mass is 283 g/mol. The molecule has 0 spiro atoms. The molecular formula is C13H11Cl2NO2. The van der Waals surface area contributed by atoms with Crippen molar-refractivity contribution >= 4 is 23.2 Å². The highest BCUT2D eigenvalue weighted by molar-refractivity contribution is 6.41. The lowest BCUT2D eigenvalue weighted by molar-refractivity contribution is 0.305. The fraction of sp³-hybridized carbons (Fsp3) is 0.154. The van der Waals surface area contributed by atoms with Crippen molar-refractivity contribution in [3.05, 3.63) is 52.3 Å². The summed E-state index contributed by atoms with van der Waals surface area (Å²) in [5.41, 5.74) is 1.03. The van der Waals surface area contributed by atoms with Crippen LogP contribution in [0, 0.1) is 0 Å². The first kappa shape index (κ1) is 13.0. The maximum atomic E-state index is 5.84. The van der Waals surface area contributed by atoms with Gasteiger partial charge in [-0.25, -0.2) is 4.98 Å². The van der Waals surface area contributed by atoms with Crippen molar-refractivity contribution < 1.29 is 9.47 Å². The summed E-state index contributed by atoms with van der Waals surface area (Å²) in [5, 5.41) is 0.650. The van der Waals surface area contributed by atoms with Gasteiger partial charge in [-0.05, 0) is 17.7 Å². The van der Waals surface area contributed by atoms with Gasteiger partial charge in [-0.2, -0.15) is 0 Å². The van der Waals surface area contributed by atoms with E-state index >= 15 is 0 Å². The second-order valence-electron chi connectivity index (χ2n) is 3.58. The zero-order valence-electron chi connectivity index (χ0n) is 9.69. The summed E-state index contributed by atoms with van der Waals surface area (Å²) in [6.07, 6.45) is 1.54. The number of hydrogen-bond donors (Lipinski definition) is 0. The van der Waals surface area contributed by atoms with Crippen LogP contribution in [0.1, 0.15) is 5.56 Å². The molecular weight excluding hydrogens is 273 g/mol. The Morgan fingerprint density at radius 3 is 2.44 bits per heavy atom. The maximum absolute atomic E-state index is 5.84. The van der Waals surface area contributed by atoms with E-state index in [9.17, 15) is 0 Å². The maximum Gasteiger partial charge on any atom is 0.147 e. The predicted molar refractivity (Wildman–Crippen MR) is 71.6 cm³/mol. The Morgan fingerprint density at radius 1 is 1.11 bits per heavy atom. The first-order valence-corrected chi connectivity index (χ1v) is 6.01. The summed E-state index contributed by atoms with van der Waals surface area (Å²) >= 11 is 11.6.